The molecule has 5 nitrogen and oxygen atoms in total. The van der Waals surface area contributed by atoms with Gasteiger partial charge in [-0.25, -0.2) is 9.97 Å². The van der Waals surface area contributed by atoms with Crippen LogP contribution in [0.25, 0.3) is 0 Å². The Balaban J connectivity index is 2.49. The third-order valence-electron chi connectivity index (χ3n) is 1.70. The molecule has 0 radical (unpaired) electrons. The van der Waals surface area contributed by atoms with Crippen LogP contribution in [0.2, 0.25) is 5.02 Å². The molecule has 0 spiro atoms. The predicted molar refractivity (Wildman–Crippen MR) is 47.6 cm³/mol. The third kappa shape index (κ3) is 1.44. The van der Waals surface area contributed by atoms with Crippen LogP contribution in [0.3, 0.4) is 0 Å². The summed E-state index contributed by atoms with van der Waals surface area (Å²) in [7, 11) is 0. The van der Waals surface area contributed by atoms with Crippen LogP contribution in [0.1, 0.15) is 0 Å². The zero-order chi connectivity index (χ0) is 9.42. The molecular weight excluding hydrogens is 194 g/mol. The molecule has 1 aliphatic rings. The van der Waals surface area contributed by atoms with Crippen molar-refractivity contribution in [3.63, 3.8) is 0 Å². The van der Waals surface area contributed by atoms with Crippen LogP contribution >= 0.6 is 11.6 Å². The van der Waals surface area contributed by atoms with Crippen molar-refractivity contribution in [3.8, 4) is 0 Å². The van der Waals surface area contributed by atoms with E-state index < -0.39 is 11.2 Å². The van der Waals surface area contributed by atoms with Crippen LogP contribution in [0.15, 0.2) is 18.2 Å². The van der Waals surface area contributed by atoms with E-state index in [2.05, 4.69) is 10.7 Å². The fraction of sp³-hybridized carbons (Fsp3) is 0. The Morgan fingerprint density at radius 3 is 3.00 bits per heavy atom. The Kier molecular flexibility index (Phi) is 1.84. The highest BCUT2D eigenvalue weighted by molar-refractivity contribution is 6.31. The molecule has 0 saturated heterocycles. The normalized spacial score (nSPS) is 20.2. The van der Waals surface area contributed by atoms with Crippen LogP contribution in [0, 0.1) is 5.21 Å². The number of rotatable bonds is 0. The molecule has 1 aliphatic heterocycles. The van der Waals surface area contributed by atoms with E-state index in [4.69, 9.17) is 11.6 Å². The molecule has 1 unspecified atom stereocenters. The number of anilines is 1. The number of hydrogen-bond acceptors (Lipinski definition) is 2. The molecule has 6 heteroatoms. The molecule has 1 aromatic carbocycles. The van der Waals surface area contributed by atoms with Gasteiger partial charge in [0, 0.05) is 11.1 Å². The largest absolute Gasteiger partial charge is 0.603 e. The number of carbonyl (C=O) groups excluding carboxylic acids is 1. The first-order valence-corrected chi connectivity index (χ1v) is 3.96. The first-order valence-electron chi connectivity index (χ1n) is 3.59. The summed E-state index contributed by atoms with van der Waals surface area (Å²) < 4.78 is 0. The number of benzene rings is 1. The van der Waals surface area contributed by atoms with Crippen molar-refractivity contribution in [2.75, 3.05) is 5.32 Å². The molecule has 68 valence electrons. The highest BCUT2D eigenvalue weighted by Gasteiger charge is 2.20. The van der Waals surface area contributed by atoms with E-state index in [1.54, 1.807) is 12.1 Å². The Bertz CT molecular complexity index is 369. The van der Waals surface area contributed by atoms with Crippen molar-refractivity contribution in [2.45, 2.75) is 0 Å². The molecular formula is C7H6ClN3O2. The molecule has 13 heavy (non-hydrogen) atoms. The summed E-state index contributed by atoms with van der Waals surface area (Å²) in [6.07, 6.45) is 0. The first-order chi connectivity index (χ1) is 6.16. The van der Waals surface area contributed by atoms with Crippen LogP contribution in [0.4, 0.5) is 16.2 Å². The number of amides is 2. The Morgan fingerprint density at radius 2 is 2.23 bits per heavy atom. The van der Waals surface area contributed by atoms with Gasteiger partial charge < -0.3 is 5.21 Å². The number of halogens is 1. The molecule has 0 aliphatic carbocycles. The second kappa shape index (κ2) is 2.88. The molecule has 2 amide bonds. The lowest BCUT2D eigenvalue weighted by Crippen LogP contribution is -3.11. The van der Waals surface area contributed by atoms with Crippen molar-refractivity contribution in [2.24, 2.45) is 0 Å². The summed E-state index contributed by atoms with van der Waals surface area (Å²) in [6, 6.07) is 4.16. The van der Waals surface area contributed by atoms with Gasteiger partial charge in [0.2, 0.25) is 0 Å². The van der Waals surface area contributed by atoms with Gasteiger partial charge in [0.05, 0.1) is 0 Å². The van der Waals surface area contributed by atoms with Crippen molar-refractivity contribution >= 4 is 29.0 Å². The lowest BCUT2D eigenvalue weighted by molar-refractivity contribution is -0.817. The SMILES string of the molecule is O=C1Nc2cc(Cl)ccc2[NH+]([O-])N1. The van der Waals surface area contributed by atoms with E-state index >= 15 is 0 Å². The molecule has 1 aromatic rings. The second-order valence-corrected chi connectivity index (χ2v) is 3.03. The van der Waals surface area contributed by atoms with Crippen molar-refractivity contribution < 1.29 is 9.97 Å². The Labute approximate surface area is 78.8 Å². The molecule has 0 aromatic heterocycles. The average Bonchev–Trinajstić information content (AvgIpc) is 2.02. The van der Waals surface area contributed by atoms with Gasteiger partial charge in [-0.2, -0.15) is 5.43 Å². The van der Waals surface area contributed by atoms with Gasteiger partial charge in [-0.05, 0) is 12.1 Å². The van der Waals surface area contributed by atoms with E-state index in [1.807, 2.05) is 0 Å². The van der Waals surface area contributed by atoms with Gasteiger partial charge in [-0.1, -0.05) is 11.6 Å². The first kappa shape index (κ1) is 8.31. The fourth-order valence-corrected chi connectivity index (χ4v) is 1.31. The molecule has 0 fully saturated rings. The van der Waals surface area contributed by atoms with Crippen LogP contribution in [0.5, 0.6) is 0 Å². The zero-order valence-corrected chi connectivity index (χ0v) is 7.18. The topological polar surface area (TPSA) is 68.6 Å². The average molecular weight is 200 g/mol. The van der Waals surface area contributed by atoms with Crippen LogP contribution in [-0.4, -0.2) is 6.03 Å². The van der Waals surface area contributed by atoms with Gasteiger partial charge >= 0.3 is 6.03 Å². The van der Waals surface area contributed by atoms with E-state index in [9.17, 15) is 10.0 Å². The summed E-state index contributed by atoms with van der Waals surface area (Å²) in [5.41, 5.74) is 2.99. The predicted octanol–water partition coefficient (Wildman–Crippen LogP) is 0.404. The second-order valence-electron chi connectivity index (χ2n) is 2.60. The quantitative estimate of drug-likeness (QED) is 0.530. The minimum absolute atomic E-state index is 0.407. The summed E-state index contributed by atoms with van der Waals surface area (Å²) in [6.45, 7) is 0. The van der Waals surface area contributed by atoms with Crippen molar-refractivity contribution in [1.29, 1.82) is 0 Å². The van der Waals surface area contributed by atoms with E-state index in [-0.39, 0.29) is 0 Å². The van der Waals surface area contributed by atoms with Gasteiger partial charge in [-0.3, -0.25) is 5.32 Å². The number of fused-ring (bicyclic) bond motifs is 1. The maximum Gasteiger partial charge on any atom is 0.364 e. The fourth-order valence-electron chi connectivity index (χ4n) is 1.14. The van der Waals surface area contributed by atoms with E-state index in [0.717, 1.165) is 0 Å². The minimum Gasteiger partial charge on any atom is -0.603 e. The van der Waals surface area contributed by atoms with Gasteiger partial charge in [-0.15, -0.1) is 0 Å². The van der Waals surface area contributed by atoms with Crippen LogP contribution < -0.4 is 15.9 Å². The zero-order valence-electron chi connectivity index (χ0n) is 6.43. The van der Waals surface area contributed by atoms with Crippen molar-refractivity contribution in [3.05, 3.63) is 28.4 Å². The molecule has 3 N–H and O–H groups in total. The lowest BCUT2D eigenvalue weighted by atomic mass is 10.2. The number of urea groups is 1. The number of carbonyl (C=O) groups is 1. The Morgan fingerprint density at radius 1 is 1.46 bits per heavy atom. The summed E-state index contributed by atoms with van der Waals surface area (Å²) in [5.74, 6) is 0. The molecule has 1 heterocycles. The standard InChI is InChI=1S/C7H6ClN3O2/c8-4-1-2-6-5(3-4)9-7(12)10-11(6)13/h1-3,11H,(H2,9,10,12). The molecule has 1 atom stereocenters. The summed E-state index contributed by atoms with van der Waals surface area (Å²) in [4.78, 5) is 10.9. The van der Waals surface area contributed by atoms with Crippen molar-refractivity contribution in [1.82, 2.24) is 5.43 Å². The van der Waals surface area contributed by atoms with E-state index in [1.165, 1.54) is 6.07 Å². The van der Waals surface area contributed by atoms with Crippen LogP contribution in [-0.2, 0) is 0 Å². The molecule has 0 saturated carbocycles. The number of nitrogens with one attached hydrogen (secondary N) is 3. The highest BCUT2D eigenvalue weighted by atomic mass is 35.5. The Hall–Kier alpha value is -1.30. The monoisotopic (exact) mass is 199 g/mol. The maximum atomic E-state index is 11.2. The van der Waals surface area contributed by atoms with E-state index in [0.29, 0.717) is 16.4 Å². The highest BCUT2D eigenvalue weighted by Crippen LogP contribution is 2.23. The minimum atomic E-state index is -0.528. The molecule has 0 bridgehead atoms. The van der Waals surface area contributed by atoms with Gasteiger partial charge in [0.25, 0.3) is 0 Å². The summed E-state index contributed by atoms with van der Waals surface area (Å²) in [5, 5.41) is 13.7. The van der Waals surface area contributed by atoms with Gasteiger partial charge in [0.15, 0.2) is 5.69 Å². The number of hydrogen-bond donors (Lipinski definition) is 3. The molecule has 2 rings (SSSR count). The number of quaternary nitrogens is 1. The van der Waals surface area contributed by atoms with Gasteiger partial charge in [0.1, 0.15) is 5.69 Å². The third-order valence-corrected chi connectivity index (χ3v) is 1.94. The summed E-state index contributed by atoms with van der Waals surface area (Å²) >= 11 is 5.69. The smallest absolute Gasteiger partial charge is 0.364 e. The maximum absolute atomic E-state index is 11.2. The lowest BCUT2D eigenvalue weighted by Gasteiger charge is -2.27.